The van der Waals surface area contributed by atoms with Gasteiger partial charge in [0.05, 0.1) is 17.4 Å². The van der Waals surface area contributed by atoms with E-state index in [2.05, 4.69) is 34.6 Å². The van der Waals surface area contributed by atoms with Gasteiger partial charge in [-0.2, -0.15) is 0 Å². The number of hydrogen-bond donors (Lipinski definition) is 0. The summed E-state index contributed by atoms with van der Waals surface area (Å²) >= 11 is 0. The number of imidazole rings is 1. The van der Waals surface area contributed by atoms with Crippen LogP contribution in [0.3, 0.4) is 0 Å². The highest BCUT2D eigenvalue weighted by atomic mass is 16.2. The Morgan fingerprint density at radius 1 is 1.27 bits per heavy atom. The maximum Gasteiger partial charge on any atom is 0.254 e. The van der Waals surface area contributed by atoms with Gasteiger partial charge in [0, 0.05) is 62.3 Å². The number of rotatable bonds is 5. The van der Waals surface area contributed by atoms with Crippen LogP contribution in [0.25, 0.3) is 0 Å². The third-order valence-corrected chi connectivity index (χ3v) is 7.05. The number of likely N-dealkylation sites (tertiary alicyclic amines) is 2. The first-order chi connectivity index (χ1) is 14.5. The number of carbonyl (C=O) groups excluding carboxylic acids is 2. The Hall–Kier alpha value is -2.70. The Bertz CT molecular complexity index is 952. The molecule has 3 fully saturated rings. The van der Waals surface area contributed by atoms with E-state index in [9.17, 15) is 9.59 Å². The van der Waals surface area contributed by atoms with Crippen LogP contribution in [-0.2, 0) is 4.79 Å². The van der Waals surface area contributed by atoms with Crippen LogP contribution in [0, 0.1) is 11.3 Å². The van der Waals surface area contributed by atoms with Crippen LogP contribution >= 0.6 is 0 Å². The molecule has 0 aromatic carbocycles. The van der Waals surface area contributed by atoms with Gasteiger partial charge in [0.1, 0.15) is 0 Å². The van der Waals surface area contributed by atoms with Gasteiger partial charge < -0.3 is 14.4 Å². The Morgan fingerprint density at radius 3 is 2.70 bits per heavy atom. The van der Waals surface area contributed by atoms with E-state index in [1.807, 2.05) is 16.1 Å². The molecule has 0 radical (unpaired) electrons. The summed E-state index contributed by atoms with van der Waals surface area (Å²) in [6, 6.07) is 3.79. The summed E-state index contributed by atoms with van der Waals surface area (Å²) in [5.41, 5.74) is 0.984. The van der Waals surface area contributed by atoms with E-state index in [0.717, 1.165) is 25.2 Å². The summed E-state index contributed by atoms with van der Waals surface area (Å²) in [7, 11) is 0. The van der Waals surface area contributed by atoms with Gasteiger partial charge in [-0.25, -0.2) is 4.98 Å². The lowest BCUT2D eigenvalue weighted by atomic mass is 9.75. The van der Waals surface area contributed by atoms with Gasteiger partial charge in [0.15, 0.2) is 0 Å². The second-order valence-electron chi connectivity index (χ2n) is 9.41. The van der Waals surface area contributed by atoms with Crippen molar-refractivity contribution in [3.8, 4) is 0 Å². The summed E-state index contributed by atoms with van der Waals surface area (Å²) in [6.07, 6.45) is 10.4. The molecular formula is C23H29N5O2. The molecular weight excluding hydrogens is 378 g/mol. The highest BCUT2D eigenvalue weighted by Gasteiger charge is 2.59. The van der Waals surface area contributed by atoms with E-state index in [1.165, 1.54) is 12.8 Å². The molecule has 2 atom stereocenters. The number of hydrogen-bond acceptors (Lipinski definition) is 4. The van der Waals surface area contributed by atoms with Crippen molar-refractivity contribution in [3.63, 3.8) is 0 Å². The predicted molar refractivity (Wildman–Crippen MR) is 112 cm³/mol. The molecule has 2 aromatic rings. The lowest BCUT2D eigenvalue weighted by Crippen LogP contribution is -2.41. The molecule has 2 saturated heterocycles. The second-order valence-corrected chi connectivity index (χ2v) is 9.41. The van der Waals surface area contributed by atoms with Crippen molar-refractivity contribution in [2.45, 2.75) is 45.1 Å². The maximum absolute atomic E-state index is 13.7. The third-order valence-electron chi connectivity index (χ3n) is 7.05. The van der Waals surface area contributed by atoms with Crippen molar-refractivity contribution in [2.24, 2.45) is 11.3 Å². The van der Waals surface area contributed by atoms with Crippen LogP contribution < -0.4 is 0 Å². The average Bonchev–Trinajstić information content (AvgIpc) is 3.17. The molecule has 4 heterocycles. The molecule has 1 aliphatic carbocycles. The van der Waals surface area contributed by atoms with Crippen molar-refractivity contribution < 1.29 is 9.59 Å². The predicted octanol–water partition coefficient (Wildman–Crippen LogP) is 2.73. The van der Waals surface area contributed by atoms with Crippen LogP contribution in [-0.4, -0.2) is 62.3 Å². The molecule has 1 saturated carbocycles. The molecule has 7 nitrogen and oxygen atoms in total. The lowest BCUT2D eigenvalue weighted by Gasteiger charge is -2.27. The smallest absolute Gasteiger partial charge is 0.254 e. The van der Waals surface area contributed by atoms with Gasteiger partial charge in [0.25, 0.3) is 5.91 Å². The van der Waals surface area contributed by atoms with Gasteiger partial charge in [-0.3, -0.25) is 14.6 Å². The number of nitrogens with zero attached hydrogens (tertiary/aromatic N) is 5. The molecule has 30 heavy (non-hydrogen) atoms. The third kappa shape index (κ3) is 3.20. The minimum Gasteiger partial charge on any atom is -0.342 e. The quantitative estimate of drug-likeness (QED) is 0.764. The van der Waals surface area contributed by atoms with Gasteiger partial charge in [-0.1, -0.05) is 0 Å². The van der Waals surface area contributed by atoms with E-state index in [0.29, 0.717) is 30.6 Å². The Labute approximate surface area is 177 Å². The van der Waals surface area contributed by atoms with Gasteiger partial charge in [-0.05, 0) is 51.2 Å². The molecule has 2 aromatic heterocycles. The van der Waals surface area contributed by atoms with Gasteiger partial charge >= 0.3 is 0 Å². The molecule has 3 aliphatic rings. The standard InChI is InChI=1S/C23H29N5O2/c1-16(2)28-13-20(25-15-28)19-12-27(21(29)18-5-8-24-9-6-18)14-23(19)7-10-26(22(23)30)11-17-3-4-17/h5-6,8-9,13,15-17,19H,3-4,7,10-12,14H2,1-2H3/t19-,23-/m0/s1. The van der Waals surface area contributed by atoms with Crippen LogP contribution in [0.15, 0.2) is 37.1 Å². The highest BCUT2D eigenvalue weighted by Crippen LogP contribution is 2.50. The molecule has 0 N–H and O–H groups in total. The molecule has 7 heteroatoms. The molecule has 1 spiro atoms. The average molecular weight is 408 g/mol. The SMILES string of the molecule is CC(C)n1cnc([C@@H]2CN(C(=O)c3ccncc3)C[C@@]23CCN(CC2CC2)C3=O)c1. The van der Waals surface area contributed by atoms with Crippen LogP contribution in [0.4, 0.5) is 0 Å². The zero-order valence-electron chi connectivity index (χ0n) is 17.7. The minimum atomic E-state index is -0.562. The van der Waals surface area contributed by atoms with Crippen LogP contribution in [0.2, 0.25) is 0 Å². The van der Waals surface area contributed by atoms with Crippen molar-refractivity contribution in [1.82, 2.24) is 24.3 Å². The van der Waals surface area contributed by atoms with Crippen molar-refractivity contribution in [2.75, 3.05) is 26.2 Å². The first-order valence-corrected chi connectivity index (χ1v) is 11.0. The number of amides is 2. The monoisotopic (exact) mass is 407 g/mol. The number of carbonyl (C=O) groups is 2. The zero-order chi connectivity index (χ0) is 20.9. The lowest BCUT2D eigenvalue weighted by molar-refractivity contribution is -0.136. The van der Waals surface area contributed by atoms with Crippen LogP contribution in [0.1, 0.15) is 61.1 Å². The normalized spacial score (nSPS) is 26.4. The summed E-state index contributed by atoms with van der Waals surface area (Å²) in [4.78, 5) is 39.5. The molecule has 2 aliphatic heterocycles. The summed E-state index contributed by atoms with van der Waals surface area (Å²) in [5.74, 6) is 0.776. The Morgan fingerprint density at radius 2 is 2.03 bits per heavy atom. The van der Waals surface area contributed by atoms with E-state index >= 15 is 0 Å². The zero-order valence-corrected chi connectivity index (χ0v) is 17.7. The molecule has 0 unspecified atom stereocenters. The molecule has 2 amide bonds. The molecule has 0 bridgehead atoms. The minimum absolute atomic E-state index is 0.0315. The first-order valence-electron chi connectivity index (χ1n) is 11.0. The van der Waals surface area contributed by atoms with Gasteiger partial charge in [-0.15, -0.1) is 0 Å². The number of aromatic nitrogens is 3. The van der Waals surface area contributed by atoms with E-state index < -0.39 is 5.41 Å². The fraction of sp³-hybridized carbons (Fsp3) is 0.565. The summed E-state index contributed by atoms with van der Waals surface area (Å²) in [5, 5.41) is 0. The fourth-order valence-corrected chi connectivity index (χ4v) is 5.05. The second kappa shape index (κ2) is 7.22. The largest absolute Gasteiger partial charge is 0.342 e. The highest BCUT2D eigenvalue weighted by molar-refractivity contribution is 5.96. The molecule has 5 rings (SSSR count). The fourth-order valence-electron chi connectivity index (χ4n) is 5.05. The van der Waals surface area contributed by atoms with Crippen molar-refractivity contribution in [3.05, 3.63) is 48.3 Å². The number of pyridine rings is 1. The molecule has 158 valence electrons. The van der Waals surface area contributed by atoms with E-state index in [-0.39, 0.29) is 17.7 Å². The first kappa shape index (κ1) is 19.3. The van der Waals surface area contributed by atoms with Crippen molar-refractivity contribution in [1.29, 1.82) is 0 Å². The summed E-state index contributed by atoms with van der Waals surface area (Å²) < 4.78 is 2.08. The maximum atomic E-state index is 13.7. The van der Waals surface area contributed by atoms with Gasteiger partial charge in [0.2, 0.25) is 5.91 Å². The Balaban J connectivity index is 1.47. The van der Waals surface area contributed by atoms with E-state index in [1.54, 1.807) is 24.5 Å². The Kier molecular flexibility index (Phi) is 4.64. The van der Waals surface area contributed by atoms with Crippen LogP contribution in [0.5, 0.6) is 0 Å². The van der Waals surface area contributed by atoms with E-state index in [4.69, 9.17) is 0 Å². The summed E-state index contributed by atoms with van der Waals surface area (Å²) in [6.45, 7) is 6.88. The topological polar surface area (TPSA) is 71.3 Å². The van der Waals surface area contributed by atoms with Crippen molar-refractivity contribution >= 4 is 11.8 Å².